The van der Waals surface area contributed by atoms with Crippen molar-refractivity contribution in [3.63, 3.8) is 0 Å². The maximum absolute atomic E-state index is 9.52. The summed E-state index contributed by atoms with van der Waals surface area (Å²) in [5.74, 6) is 1.15. The van der Waals surface area contributed by atoms with Gasteiger partial charge in [-0.1, -0.05) is 29.8 Å². The van der Waals surface area contributed by atoms with Gasteiger partial charge in [-0.25, -0.2) is 4.98 Å². The van der Waals surface area contributed by atoms with Gasteiger partial charge in [-0.3, -0.25) is 0 Å². The summed E-state index contributed by atoms with van der Waals surface area (Å²) in [5.41, 5.74) is 4.63. The predicted molar refractivity (Wildman–Crippen MR) is 75.1 cm³/mol. The lowest BCUT2D eigenvalue weighted by molar-refractivity contribution is 0.276. The molecule has 3 nitrogen and oxygen atoms in total. The van der Waals surface area contributed by atoms with Gasteiger partial charge < -0.3 is 9.67 Å². The molecule has 0 aliphatic carbocycles. The summed E-state index contributed by atoms with van der Waals surface area (Å²) < 4.78 is 2.32. The van der Waals surface area contributed by atoms with E-state index in [1.54, 1.807) is 0 Å². The number of nitrogens with zero attached hydrogens (tertiary/aromatic N) is 2. The molecular formula is C16H20N2O. The van der Waals surface area contributed by atoms with Gasteiger partial charge in [0.1, 0.15) is 5.82 Å². The average molecular weight is 256 g/mol. The van der Waals surface area contributed by atoms with Gasteiger partial charge in [-0.05, 0) is 25.3 Å². The van der Waals surface area contributed by atoms with Crippen LogP contribution in [0.25, 0.3) is 0 Å². The monoisotopic (exact) mass is 256 g/mol. The third-order valence-electron chi connectivity index (χ3n) is 3.87. The molecular weight excluding hydrogens is 236 g/mol. The zero-order chi connectivity index (χ0) is 13.2. The highest BCUT2D eigenvalue weighted by Gasteiger charge is 2.19. The molecule has 1 aromatic heterocycles. The van der Waals surface area contributed by atoms with Crippen molar-refractivity contribution in [2.24, 2.45) is 0 Å². The molecule has 2 heterocycles. The number of rotatable bonds is 3. The molecule has 19 heavy (non-hydrogen) atoms. The fraction of sp³-hybridized carbons (Fsp3) is 0.438. The fourth-order valence-corrected chi connectivity index (χ4v) is 2.94. The Balaban J connectivity index is 1.97. The largest absolute Gasteiger partial charge is 0.390 e. The van der Waals surface area contributed by atoms with Crippen LogP contribution in [0.15, 0.2) is 24.3 Å². The minimum Gasteiger partial charge on any atom is -0.390 e. The predicted octanol–water partition coefficient (Wildman–Crippen LogP) is 2.61. The van der Waals surface area contributed by atoms with Gasteiger partial charge in [0.2, 0.25) is 0 Å². The van der Waals surface area contributed by atoms with Crippen molar-refractivity contribution in [3.8, 4) is 0 Å². The molecule has 3 rings (SSSR count). The van der Waals surface area contributed by atoms with Crippen LogP contribution < -0.4 is 0 Å². The van der Waals surface area contributed by atoms with Crippen LogP contribution in [0.2, 0.25) is 0 Å². The van der Waals surface area contributed by atoms with Crippen molar-refractivity contribution >= 4 is 0 Å². The van der Waals surface area contributed by atoms with Crippen molar-refractivity contribution < 1.29 is 5.11 Å². The van der Waals surface area contributed by atoms with E-state index in [1.165, 1.54) is 29.7 Å². The first-order valence-corrected chi connectivity index (χ1v) is 7.01. The molecule has 0 spiro atoms. The van der Waals surface area contributed by atoms with Crippen molar-refractivity contribution in [2.45, 2.75) is 45.8 Å². The topological polar surface area (TPSA) is 38.1 Å². The van der Waals surface area contributed by atoms with Crippen LogP contribution in [0.3, 0.4) is 0 Å². The van der Waals surface area contributed by atoms with Gasteiger partial charge in [0.15, 0.2) is 0 Å². The highest BCUT2D eigenvalue weighted by Crippen LogP contribution is 2.22. The molecule has 0 saturated carbocycles. The summed E-state index contributed by atoms with van der Waals surface area (Å²) in [5, 5.41) is 9.52. The standard InChI is InChI=1S/C16H20N2O/c1-12-5-4-6-13(9-12)10-15-14(11-19)17-16-7-2-3-8-18(15)16/h4-6,9,19H,2-3,7-8,10-11H2,1H3. The van der Waals surface area contributed by atoms with E-state index in [4.69, 9.17) is 0 Å². The van der Waals surface area contributed by atoms with Crippen molar-refractivity contribution in [3.05, 3.63) is 52.6 Å². The second-order valence-electron chi connectivity index (χ2n) is 5.35. The van der Waals surface area contributed by atoms with Crippen molar-refractivity contribution in [2.75, 3.05) is 0 Å². The first kappa shape index (κ1) is 12.4. The zero-order valence-electron chi connectivity index (χ0n) is 11.4. The lowest BCUT2D eigenvalue weighted by Crippen LogP contribution is -2.13. The number of aryl methyl sites for hydroxylation is 2. The van der Waals surface area contributed by atoms with Gasteiger partial charge in [-0.2, -0.15) is 0 Å². The Morgan fingerprint density at radius 3 is 3.00 bits per heavy atom. The molecule has 1 aromatic carbocycles. The zero-order valence-corrected chi connectivity index (χ0v) is 11.4. The molecule has 0 fully saturated rings. The van der Waals surface area contributed by atoms with Crippen LogP contribution >= 0.6 is 0 Å². The molecule has 0 atom stereocenters. The first-order valence-electron chi connectivity index (χ1n) is 7.01. The molecule has 1 N–H and O–H groups in total. The third-order valence-corrected chi connectivity index (χ3v) is 3.87. The summed E-state index contributed by atoms with van der Waals surface area (Å²) in [7, 11) is 0. The molecule has 3 heteroatoms. The maximum atomic E-state index is 9.52. The van der Waals surface area contributed by atoms with Gasteiger partial charge >= 0.3 is 0 Å². The highest BCUT2D eigenvalue weighted by atomic mass is 16.3. The first-order chi connectivity index (χ1) is 9.28. The minimum atomic E-state index is 0.0428. The molecule has 0 amide bonds. The van der Waals surface area contributed by atoms with E-state index in [9.17, 15) is 5.11 Å². The normalized spacial score (nSPS) is 14.4. The Morgan fingerprint density at radius 2 is 2.21 bits per heavy atom. The number of benzene rings is 1. The Kier molecular flexibility index (Phi) is 3.38. The maximum Gasteiger partial charge on any atom is 0.109 e. The highest BCUT2D eigenvalue weighted by molar-refractivity contribution is 5.29. The van der Waals surface area contributed by atoms with E-state index >= 15 is 0 Å². The molecule has 1 aliphatic rings. The summed E-state index contributed by atoms with van der Waals surface area (Å²) in [6.45, 7) is 3.20. The SMILES string of the molecule is Cc1cccc(Cc2c(CO)nc3n2CCCC3)c1. The van der Waals surface area contributed by atoms with Crippen LogP contribution in [-0.4, -0.2) is 14.7 Å². The van der Waals surface area contributed by atoms with Crippen LogP contribution in [-0.2, 0) is 26.0 Å². The number of hydrogen-bond acceptors (Lipinski definition) is 2. The second kappa shape index (κ2) is 5.17. The van der Waals surface area contributed by atoms with Crippen LogP contribution in [0.1, 0.15) is 41.2 Å². The van der Waals surface area contributed by atoms with E-state index < -0.39 is 0 Å². The average Bonchev–Trinajstić information content (AvgIpc) is 2.77. The Morgan fingerprint density at radius 1 is 1.32 bits per heavy atom. The lowest BCUT2D eigenvalue weighted by Gasteiger charge is -2.16. The fourth-order valence-electron chi connectivity index (χ4n) is 2.94. The Bertz CT molecular complexity index is 586. The van der Waals surface area contributed by atoms with Crippen molar-refractivity contribution in [1.82, 2.24) is 9.55 Å². The molecule has 0 unspecified atom stereocenters. The summed E-state index contributed by atoms with van der Waals surface area (Å²) in [6.07, 6.45) is 4.34. The van der Waals surface area contributed by atoms with Gasteiger partial charge in [-0.15, -0.1) is 0 Å². The smallest absolute Gasteiger partial charge is 0.109 e. The number of imidazole rings is 1. The van der Waals surface area contributed by atoms with E-state index in [-0.39, 0.29) is 6.61 Å². The summed E-state index contributed by atoms with van der Waals surface area (Å²) in [4.78, 5) is 4.60. The van der Waals surface area contributed by atoms with Crippen molar-refractivity contribution in [1.29, 1.82) is 0 Å². The number of aliphatic hydroxyl groups is 1. The summed E-state index contributed by atoms with van der Waals surface area (Å²) in [6, 6.07) is 8.57. The van der Waals surface area contributed by atoms with E-state index in [0.717, 1.165) is 30.9 Å². The number of aromatic nitrogens is 2. The molecule has 0 saturated heterocycles. The molecule has 100 valence electrons. The van der Waals surface area contributed by atoms with Crippen LogP contribution in [0.4, 0.5) is 0 Å². The molecule has 1 aliphatic heterocycles. The quantitative estimate of drug-likeness (QED) is 0.916. The molecule has 2 aromatic rings. The number of fused-ring (bicyclic) bond motifs is 1. The van der Waals surface area contributed by atoms with Gasteiger partial charge in [0.25, 0.3) is 0 Å². The second-order valence-corrected chi connectivity index (χ2v) is 5.35. The minimum absolute atomic E-state index is 0.0428. The van der Waals surface area contributed by atoms with E-state index in [0.29, 0.717) is 0 Å². The molecule has 0 radical (unpaired) electrons. The Labute approximate surface area is 113 Å². The Hall–Kier alpha value is -1.61. The van der Waals surface area contributed by atoms with Crippen LogP contribution in [0, 0.1) is 6.92 Å². The van der Waals surface area contributed by atoms with Gasteiger partial charge in [0.05, 0.1) is 12.3 Å². The summed E-state index contributed by atoms with van der Waals surface area (Å²) >= 11 is 0. The van der Waals surface area contributed by atoms with E-state index in [2.05, 4.69) is 40.7 Å². The van der Waals surface area contributed by atoms with Crippen LogP contribution in [0.5, 0.6) is 0 Å². The lowest BCUT2D eigenvalue weighted by atomic mass is 10.1. The number of aliphatic hydroxyl groups excluding tert-OH is 1. The number of hydrogen-bond donors (Lipinski definition) is 1. The third kappa shape index (κ3) is 2.43. The van der Waals surface area contributed by atoms with E-state index in [1.807, 2.05) is 0 Å². The molecule has 0 bridgehead atoms. The van der Waals surface area contributed by atoms with Gasteiger partial charge in [0, 0.05) is 25.1 Å².